The minimum Gasteiger partial charge on any atom is -0.311 e. The van der Waals surface area contributed by atoms with Gasteiger partial charge >= 0.3 is 0 Å². The Morgan fingerprint density at radius 1 is 1.40 bits per heavy atom. The minimum atomic E-state index is 0.575. The molecule has 1 saturated carbocycles. The number of hydrogen-bond donors (Lipinski definition) is 1. The summed E-state index contributed by atoms with van der Waals surface area (Å²) in [7, 11) is 0. The van der Waals surface area contributed by atoms with Crippen molar-refractivity contribution in [1.29, 1.82) is 0 Å². The second kappa shape index (κ2) is 5.82. The third-order valence-electron chi connectivity index (χ3n) is 4.40. The summed E-state index contributed by atoms with van der Waals surface area (Å²) in [6.45, 7) is 10.9. The normalized spacial score (nSPS) is 28.2. The first kappa shape index (κ1) is 14.0. The van der Waals surface area contributed by atoms with Gasteiger partial charge in [-0.1, -0.05) is 13.8 Å². The number of hydrogen-bond acceptors (Lipinski definition) is 4. The summed E-state index contributed by atoms with van der Waals surface area (Å²) in [5.41, 5.74) is 0. The highest BCUT2D eigenvalue weighted by Crippen LogP contribution is 2.36. The Morgan fingerprint density at radius 2 is 2.20 bits per heavy atom. The molecule has 20 heavy (non-hydrogen) atoms. The highest BCUT2D eigenvalue weighted by Gasteiger charge is 2.38. The minimum absolute atomic E-state index is 0.575. The highest BCUT2D eigenvalue weighted by molar-refractivity contribution is 4.97. The molecule has 1 aromatic heterocycles. The molecule has 1 saturated heterocycles. The van der Waals surface area contributed by atoms with Crippen LogP contribution in [0, 0.1) is 11.8 Å². The van der Waals surface area contributed by atoms with E-state index < -0.39 is 0 Å². The van der Waals surface area contributed by atoms with Gasteiger partial charge in [0.15, 0.2) is 0 Å². The number of piperazine rings is 1. The van der Waals surface area contributed by atoms with Crippen molar-refractivity contribution >= 4 is 0 Å². The third kappa shape index (κ3) is 3.20. The van der Waals surface area contributed by atoms with Gasteiger partial charge in [-0.25, -0.2) is 9.67 Å². The van der Waals surface area contributed by atoms with E-state index in [0.29, 0.717) is 18.0 Å². The standard InChI is InChI=1S/C15H27N5/c1-11(2)7-20-15(17-10-18-20)9-19-8-12(3)16-6-14(19)13-4-5-13/h10-14,16H,4-9H2,1-3H3. The van der Waals surface area contributed by atoms with Gasteiger partial charge in [-0.3, -0.25) is 4.90 Å². The number of rotatable bonds is 5. The van der Waals surface area contributed by atoms with E-state index in [-0.39, 0.29) is 0 Å². The Morgan fingerprint density at radius 3 is 2.90 bits per heavy atom. The molecular weight excluding hydrogens is 250 g/mol. The van der Waals surface area contributed by atoms with Gasteiger partial charge in [-0.15, -0.1) is 0 Å². The lowest BCUT2D eigenvalue weighted by atomic mass is 10.1. The van der Waals surface area contributed by atoms with Crippen LogP contribution >= 0.6 is 0 Å². The zero-order valence-electron chi connectivity index (χ0n) is 12.9. The van der Waals surface area contributed by atoms with E-state index in [2.05, 4.69) is 45.8 Å². The Balaban J connectivity index is 1.69. The summed E-state index contributed by atoms with van der Waals surface area (Å²) in [5, 5.41) is 8.01. The fourth-order valence-corrected chi connectivity index (χ4v) is 3.22. The van der Waals surface area contributed by atoms with Crippen molar-refractivity contribution in [1.82, 2.24) is 25.0 Å². The van der Waals surface area contributed by atoms with E-state index in [1.165, 1.54) is 12.8 Å². The third-order valence-corrected chi connectivity index (χ3v) is 4.40. The van der Waals surface area contributed by atoms with Crippen molar-refractivity contribution in [3.05, 3.63) is 12.2 Å². The fraction of sp³-hybridized carbons (Fsp3) is 0.867. The first-order chi connectivity index (χ1) is 9.63. The van der Waals surface area contributed by atoms with Gasteiger partial charge in [-0.2, -0.15) is 5.10 Å². The molecule has 2 unspecified atom stereocenters. The predicted molar refractivity (Wildman–Crippen MR) is 79.2 cm³/mol. The number of nitrogens with one attached hydrogen (secondary N) is 1. The van der Waals surface area contributed by atoms with Crippen LogP contribution in [0.15, 0.2) is 6.33 Å². The highest BCUT2D eigenvalue weighted by atomic mass is 15.4. The second-order valence-electron chi connectivity index (χ2n) is 6.90. The molecule has 2 aliphatic rings. The van der Waals surface area contributed by atoms with Crippen LogP contribution in [0.2, 0.25) is 0 Å². The van der Waals surface area contributed by atoms with E-state index in [1.54, 1.807) is 6.33 Å². The van der Waals surface area contributed by atoms with Crippen molar-refractivity contribution in [3.8, 4) is 0 Å². The van der Waals surface area contributed by atoms with Gasteiger partial charge in [-0.05, 0) is 31.6 Å². The van der Waals surface area contributed by atoms with E-state index in [1.807, 2.05) is 0 Å². The molecule has 0 spiro atoms. The SMILES string of the molecule is CC(C)Cn1ncnc1CN1CC(C)NCC1C1CC1. The van der Waals surface area contributed by atoms with Crippen LogP contribution in [-0.2, 0) is 13.1 Å². The van der Waals surface area contributed by atoms with Crippen molar-refractivity contribution in [3.63, 3.8) is 0 Å². The first-order valence-corrected chi connectivity index (χ1v) is 7.97. The number of nitrogens with zero attached hydrogens (tertiary/aromatic N) is 4. The molecule has 1 aliphatic heterocycles. The lowest BCUT2D eigenvalue weighted by molar-refractivity contribution is 0.107. The zero-order valence-corrected chi connectivity index (χ0v) is 12.9. The molecule has 2 atom stereocenters. The van der Waals surface area contributed by atoms with Crippen molar-refractivity contribution < 1.29 is 0 Å². The molecule has 0 amide bonds. The van der Waals surface area contributed by atoms with Crippen LogP contribution in [0.3, 0.4) is 0 Å². The molecule has 2 heterocycles. The van der Waals surface area contributed by atoms with Gasteiger partial charge < -0.3 is 5.32 Å². The lowest BCUT2D eigenvalue weighted by Crippen LogP contribution is -2.56. The maximum atomic E-state index is 4.49. The molecule has 5 heteroatoms. The van der Waals surface area contributed by atoms with E-state index in [9.17, 15) is 0 Å². The van der Waals surface area contributed by atoms with Gasteiger partial charge in [0, 0.05) is 31.7 Å². The largest absolute Gasteiger partial charge is 0.311 e. The lowest BCUT2D eigenvalue weighted by Gasteiger charge is -2.39. The van der Waals surface area contributed by atoms with E-state index in [0.717, 1.165) is 37.9 Å². The fourth-order valence-electron chi connectivity index (χ4n) is 3.22. The van der Waals surface area contributed by atoms with Crippen molar-refractivity contribution in [2.75, 3.05) is 13.1 Å². The molecule has 112 valence electrons. The number of aromatic nitrogens is 3. The van der Waals surface area contributed by atoms with Crippen molar-refractivity contribution in [2.24, 2.45) is 11.8 Å². The summed E-state index contributed by atoms with van der Waals surface area (Å²) in [6, 6.07) is 1.27. The average Bonchev–Trinajstić information content (AvgIpc) is 3.13. The first-order valence-electron chi connectivity index (χ1n) is 7.97. The summed E-state index contributed by atoms with van der Waals surface area (Å²) >= 11 is 0. The molecule has 3 rings (SSSR count). The maximum absolute atomic E-state index is 4.49. The Kier molecular flexibility index (Phi) is 4.08. The monoisotopic (exact) mass is 277 g/mol. The van der Waals surface area contributed by atoms with E-state index in [4.69, 9.17) is 0 Å². The average molecular weight is 277 g/mol. The molecule has 0 bridgehead atoms. The van der Waals surface area contributed by atoms with Crippen molar-refractivity contribution in [2.45, 2.75) is 58.8 Å². The zero-order chi connectivity index (χ0) is 14.1. The van der Waals surface area contributed by atoms with Crippen LogP contribution in [0.25, 0.3) is 0 Å². The summed E-state index contributed by atoms with van der Waals surface area (Å²) in [5.74, 6) is 2.63. The van der Waals surface area contributed by atoms with Crippen LogP contribution in [0.4, 0.5) is 0 Å². The van der Waals surface area contributed by atoms with Crippen LogP contribution in [0.5, 0.6) is 0 Å². The summed E-state index contributed by atoms with van der Waals surface area (Å²) < 4.78 is 2.08. The smallest absolute Gasteiger partial charge is 0.141 e. The van der Waals surface area contributed by atoms with Crippen LogP contribution in [0.1, 0.15) is 39.4 Å². The van der Waals surface area contributed by atoms with Gasteiger partial charge in [0.05, 0.1) is 6.54 Å². The molecule has 1 aromatic rings. The molecular formula is C15H27N5. The Bertz CT molecular complexity index is 437. The van der Waals surface area contributed by atoms with Gasteiger partial charge in [0.1, 0.15) is 12.2 Å². The van der Waals surface area contributed by atoms with Gasteiger partial charge in [0.2, 0.25) is 0 Å². The Hall–Kier alpha value is -0.940. The summed E-state index contributed by atoms with van der Waals surface area (Å²) in [4.78, 5) is 7.12. The molecule has 1 aliphatic carbocycles. The van der Waals surface area contributed by atoms with E-state index >= 15 is 0 Å². The predicted octanol–water partition coefficient (Wildman–Crippen LogP) is 1.51. The van der Waals surface area contributed by atoms with Crippen LogP contribution in [-0.4, -0.2) is 44.8 Å². The maximum Gasteiger partial charge on any atom is 0.141 e. The van der Waals surface area contributed by atoms with Gasteiger partial charge in [0.25, 0.3) is 0 Å². The molecule has 0 radical (unpaired) electrons. The Labute approximate surface area is 121 Å². The van der Waals surface area contributed by atoms with Crippen LogP contribution < -0.4 is 5.32 Å². The molecule has 5 nitrogen and oxygen atoms in total. The molecule has 1 N–H and O–H groups in total. The quantitative estimate of drug-likeness (QED) is 0.886. The molecule has 2 fully saturated rings. The second-order valence-corrected chi connectivity index (χ2v) is 6.90. The topological polar surface area (TPSA) is 46.0 Å². The molecule has 0 aromatic carbocycles. The summed E-state index contributed by atoms with van der Waals surface area (Å²) in [6.07, 6.45) is 4.50.